The molecule has 0 aliphatic heterocycles. The normalized spacial score (nSPS) is 9.90. The summed E-state index contributed by atoms with van der Waals surface area (Å²) in [5.74, 6) is 0.132. The SMILES string of the molecule is C=Cc1cccc(-n2nc3ccccc3n2)c1O.CC. The van der Waals surface area contributed by atoms with E-state index in [-0.39, 0.29) is 5.75 Å². The average molecular weight is 267 g/mol. The minimum Gasteiger partial charge on any atom is -0.505 e. The molecule has 20 heavy (non-hydrogen) atoms. The average Bonchev–Trinajstić information content (AvgIpc) is 2.93. The Morgan fingerprint density at radius 3 is 2.15 bits per heavy atom. The summed E-state index contributed by atoms with van der Waals surface area (Å²) in [5.41, 5.74) is 2.79. The third-order valence-electron chi connectivity index (χ3n) is 2.77. The topological polar surface area (TPSA) is 50.9 Å². The van der Waals surface area contributed by atoms with E-state index in [1.54, 1.807) is 18.2 Å². The zero-order valence-electron chi connectivity index (χ0n) is 11.6. The van der Waals surface area contributed by atoms with Gasteiger partial charge in [-0.2, -0.15) is 0 Å². The fraction of sp³-hybridized carbons (Fsp3) is 0.125. The summed E-state index contributed by atoms with van der Waals surface area (Å²) in [4.78, 5) is 1.44. The molecule has 1 N–H and O–H groups in total. The van der Waals surface area contributed by atoms with Gasteiger partial charge in [0.1, 0.15) is 22.5 Å². The molecule has 3 aromatic rings. The first kappa shape index (κ1) is 13.8. The van der Waals surface area contributed by atoms with Crippen LogP contribution in [0.2, 0.25) is 0 Å². The highest BCUT2D eigenvalue weighted by Gasteiger charge is 2.10. The van der Waals surface area contributed by atoms with E-state index in [4.69, 9.17) is 0 Å². The van der Waals surface area contributed by atoms with Crippen molar-refractivity contribution in [1.29, 1.82) is 0 Å². The molecule has 0 aliphatic rings. The van der Waals surface area contributed by atoms with Crippen molar-refractivity contribution in [3.05, 3.63) is 54.6 Å². The number of phenolic OH excluding ortho intramolecular Hbond substituents is 1. The van der Waals surface area contributed by atoms with Crippen LogP contribution in [0.15, 0.2) is 49.0 Å². The second kappa shape index (κ2) is 6.02. The Kier molecular flexibility index (Phi) is 4.15. The molecule has 0 radical (unpaired) electrons. The van der Waals surface area contributed by atoms with Gasteiger partial charge in [-0.1, -0.05) is 50.8 Å². The van der Waals surface area contributed by atoms with Gasteiger partial charge in [-0.3, -0.25) is 0 Å². The van der Waals surface area contributed by atoms with E-state index >= 15 is 0 Å². The lowest BCUT2D eigenvalue weighted by molar-refractivity contribution is 0.466. The molecule has 0 atom stereocenters. The van der Waals surface area contributed by atoms with Gasteiger partial charge in [0.15, 0.2) is 0 Å². The summed E-state index contributed by atoms with van der Waals surface area (Å²) >= 11 is 0. The number of phenols is 1. The van der Waals surface area contributed by atoms with E-state index in [2.05, 4.69) is 16.8 Å². The molecule has 0 fully saturated rings. The monoisotopic (exact) mass is 267 g/mol. The summed E-state index contributed by atoms with van der Waals surface area (Å²) in [6, 6.07) is 13.0. The van der Waals surface area contributed by atoms with E-state index in [1.165, 1.54) is 4.80 Å². The van der Waals surface area contributed by atoms with Crippen LogP contribution in [-0.4, -0.2) is 20.1 Å². The minimum absolute atomic E-state index is 0.132. The molecule has 0 amide bonds. The zero-order valence-corrected chi connectivity index (χ0v) is 11.6. The van der Waals surface area contributed by atoms with Gasteiger partial charge in [0.2, 0.25) is 0 Å². The van der Waals surface area contributed by atoms with Crippen molar-refractivity contribution < 1.29 is 5.11 Å². The maximum Gasteiger partial charge on any atom is 0.150 e. The van der Waals surface area contributed by atoms with Crippen LogP contribution >= 0.6 is 0 Å². The molecule has 0 saturated heterocycles. The molecule has 3 rings (SSSR count). The van der Waals surface area contributed by atoms with Crippen molar-refractivity contribution in [2.24, 2.45) is 0 Å². The molecule has 1 aromatic heterocycles. The van der Waals surface area contributed by atoms with E-state index in [0.29, 0.717) is 11.3 Å². The van der Waals surface area contributed by atoms with Gasteiger partial charge in [0.05, 0.1) is 0 Å². The van der Waals surface area contributed by atoms with Crippen LogP contribution in [0.4, 0.5) is 0 Å². The molecule has 0 spiro atoms. The van der Waals surface area contributed by atoms with Crippen LogP contribution in [0.3, 0.4) is 0 Å². The van der Waals surface area contributed by atoms with Crippen LogP contribution in [0, 0.1) is 0 Å². The van der Waals surface area contributed by atoms with Crippen molar-refractivity contribution in [2.45, 2.75) is 13.8 Å². The second-order valence-electron chi connectivity index (χ2n) is 3.90. The minimum atomic E-state index is 0.132. The van der Waals surface area contributed by atoms with Crippen LogP contribution in [0.25, 0.3) is 22.8 Å². The third kappa shape index (κ3) is 2.40. The van der Waals surface area contributed by atoms with Crippen LogP contribution in [0.5, 0.6) is 5.75 Å². The number of nitrogens with zero attached hydrogens (tertiary/aromatic N) is 3. The number of aromatic nitrogens is 3. The Bertz CT molecular complexity index is 698. The van der Waals surface area contributed by atoms with Crippen molar-refractivity contribution in [2.75, 3.05) is 0 Å². The molecular formula is C16H17N3O. The summed E-state index contributed by atoms with van der Waals surface area (Å²) in [6.45, 7) is 7.66. The highest BCUT2D eigenvalue weighted by Crippen LogP contribution is 2.26. The van der Waals surface area contributed by atoms with Gasteiger partial charge in [0, 0.05) is 5.56 Å². The Labute approximate surface area is 118 Å². The molecule has 1 heterocycles. The summed E-state index contributed by atoms with van der Waals surface area (Å²) in [6.07, 6.45) is 1.60. The first-order chi connectivity index (χ1) is 9.79. The van der Waals surface area contributed by atoms with Crippen molar-refractivity contribution in [1.82, 2.24) is 15.0 Å². The van der Waals surface area contributed by atoms with Gasteiger partial charge in [-0.15, -0.1) is 15.0 Å². The molecule has 0 aliphatic carbocycles. The second-order valence-corrected chi connectivity index (χ2v) is 3.90. The predicted octanol–water partition coefficient (Wildman–Crippen LogP) is 3.80. The standard InChI is InChI=1S/C14H11N3O.C2H6/c1-2-10-6-5-9-13(14(10)18)17-15-11-7-3-4-8-12(11)16-17;1-2/h2-9,18H,1H2;1-2H3. The maximum atomic E-state index is 10.1. The van der Waals surface area contributed by atoms with E-state index in [0.717, 1.165) is 11.0 Å². The molecule has 4 heteroatoms. The lowest BCUT2D eigenvalue weighted by Crippen LogP contribution is -1.99. The molecule has 0 unspecified atom stereocenters. The van der Waals surface area contributed by atoms with Crippen molar-refractivity contribution in [3.8, 4) is 11.4 Å². The summed E-state index contributed by atoms with van der Waals surface area (Å²) in [7, 11) is 0. The predicted molar refractivity (Wildman–Crippen MR) is 82.0 cm³/mol. The number of fused-ring (bicyclic) bond motifs is 1. The largest absolute Gasteiger partial charge is 0.505 e. The summed E-state index contributed by atoms with van der Waals surface area (Å²) in [5, 5.41) is 18.8. The van der Waals surface area contributed by atoms with Gasteiger partial charge >= 0.3 is 0 Å². The van der Waals surface area contributed by atoms with E-state index < -0.39 is 0 Å². The molecule has 4 nitrogen and oxygen atoms in total. The highest BCUT2D eigenvalue weighted by molar-refractivity contribution is 5.74. The lowest BCUT2D eigenvalue weighted by Gasteiger charge is -2.05. The quantitative estimate of drug-likeness (QED) is 0.768. The fourth-order valence-corrected chi connectivity index (χ4v) is 1.84. The van der Waals surface area contributed by atoms with Crippen molar-refractivity contribution in [3.63, 3.8) is 0 Å². The van der Waals surface area contributed by atoms with Crippen LogP contribution in [-0.2, 0) is 0 Å². The smallest absolute Gasteiger partial charge is 0.150 e. The fourth-order valence-electron chi connectivity index (χ4n) is 1.84. The Hall–Kier alpha value is -2.62. The molecule has 102 valence electrons. The van der Waals surface area contributed by atoms with Crippen LogP contribution < -0.4 is 0 Å². The summed E-state index contributed by atoms with van der Waals surface area (Å²) < 4.78 is 0. The number of aromatic hydroxyl groups is 1. The Morgan fingerprint density at radius 2 is 1.60 bits per heavy atom. The van der Waals surface area contributed by atoms with Gasteiger partial charge in [-0.25, -0.2) is 0 Å². The highest BCUT2D eigenvalue weighted by atomic mass is 16.3. The molecule has 0 bridgehead atoms. The number of rotatable bonds is 2. The maximum absolute atomic E-state index is 10.1. The number of para-hydroxylation sites is 1. The number of benzene rings is 2. The molecule has 0 saturated carbocycles. The third-order valence-corrected chi connectivity index (χ3v) is 2.77. The van der Waals surface area contributed by atoms with Crippen molar-refractivity contribution >= 4 is 17.1 Å². The molecular weight excluding hydrogens is 250 g/mol. The van der Waals surface area contributed by atoms with Crippen LogP contribution in [0.1, 0.15) is 19.4 Å². The first-order valence-electron chi connectivity index (χ1n) is 6.56. The molecule has 2 aromatic carbocycles. The Morgan fingerprint density at radius 1 is 1.00 bits per heavy atom. The number of hydrogen-bond acceptors (Lipinski definition) is 3. The van der Waals surface area contributed by atoms with Gasteiger partial charge < -0.3 is 5.11 Å². The Balaban J connectivity index is 0.000000704. The zero-order chi connectivity index (χ0) is 14.5. The van der Waals surface area contributed by atoms with E-state index in [1.807, 2.05) is 44.2 Å². The van der Waals surface area contributed by atoms with Gasteiger partial charge in [0.25, 0.3) is 0 Å². The lowest BCUT2D eigenvalue weighted by atomic mass is 10.2. The van der Waals surface area contributed by atoms with Gasteiger partial charge in [-0.05, 0) is 18.2 Å². The first-order valence-corrected chi connectivity index (χ1v) is 6.56. The number of hydrogen-bond donors (Lipinski definition) is 1. The van der Waals surface area contributed by atoms with E-state index in [9.17, 15) is 5.11 Å².